The maximum absolute atomic E-state index is 6.88. The van der Waals surface area contributed by atoms with Gasteiger partial charge in [0.1, 0.15) is 11.2 Å². The van der Waals surface area contributed by atoms with Crippen molar-refractivity contribution >= 4 is 82.4 Å². The summed E-state index contributed by atoms with van der Waals surface area (Å²) >= 11 is 0. The number of anilines is 3. The van der Waals surface area contributed by atoms with Crippen molar-refractivity contribution in [3.63, 3.8) is 0 Å². The van der Waals surface area contributed by atoms with Gasteiger partial charge in [-0.2, -0.15) is 0 Å². The van der Waals surface area contributed by atoms with Gasteiger partial charge in [-0.3, -0.25) is 0 Å². The quantitative estimate of drug-likeness (QED) is 0.169. The fourth-order valence-corrected chi connectivity index (χ4v) is 9.21. The van der Waals surface area contributed by atoms with Crippen molar-refractivity contribution in [1.29, 1.82) is 0 Å². The molecule has 0 unspecified atom stereocenters. The Bertz CT molecular complexity index is 3520. The molecule has 0 amide bonds. The number of para-hydroxylation sites is 4. The minimum atomic E-state index is 0.892. The summed E-state index contributed by atoms with van der Waals surface area (Å²) in [6.45, 7) is 0. The second-order valence-electron chi connectivity index (χ2n) is 15.3. The van der Waals surface area contributed by atoms with Crippen LogP contribution in [-0.4, -0.2) is 4.57 Å². The number of aromatic nitrogens is 1. The van der Waals surface area contributed by atoms with Crippen LogP contribution in [0.4, 0.5) is 17.1 Å². The summed E-state index contributed by atoms with van der Waals surface area (Å²) in [5.74, 6) is 0. The first-order valence-corrected chi connectivity index (χ1v) is 20.2. The lowest BCUT2D eigenvalue weighted by molar-refractivity contribution is 0.674. The van der Waals surface area contributed by atoms with E-state index in [9.17, 15) is 0 Å². The van der Waals surface area contributed by atoms with E-state index in [1.54, 1.807) is 0 Å². The van der Waals surface area contributed by atoms with E-state index in [1.165, 1.54) is 38.0 Å². The Morgan fingerprint density at radius 3 is 1.75 bits per heavy atom. The van der Waals surface area contributed by atoms with Crippen LogP contribution in [0.2, 0.25) is 0 Å². The first kappa shape index (κ1) is 33.3. The summed E-state index contributed by atoms with van der Waals surface area (Å²) in [5.41, 5.74) is 13.1. The Hall–Kier alpha value is -7.88. The largest absolute Gasteiger partial charge is 0.455 e. The van der Waals surface area contributed by atoms with Crippen molar-refractivity contribution in [3.8, 4) is 27.9 Å². The van der Waals surface area contributed by atoms with Gasteiger partial charge in [0.2, 0.25) is 0 Å². The third kappa shape index (κ3) is 5.36. The predicted molar refractivity (Wildman–Crippen MR) is 249 cm³/mol. The van der Waals surface area contributed by atoms with E-state index in [1.807, 2.05) is 0 Å². The van der Waals surface area contributed by atoms with Crippen LogP contribution in [0.25, 0.3) is 93.2 Å². The Morgan fingerprint density at radius 1 is 0.339 bits per heavy atom. The van der Waals surface area contributed by atoms with Crippen LogP contribution >= 0.6 is 0 Å². The molecule has 0 atom stereocenters. The summed E-state index contributed by atoms with van der Waals surface area (Å²) in [4.78, 5) is 2.39. The topological polar surface area (TPSA) is 21.3 Å². The van der Waals surface area contributed by atoms with Gasteiger partial charge < -0.3 is 13.9 Å². The van der Waals surface area contributed by atoms with Gasteiger partial charge in [-0.15, -0.1) is 0 Å². The lowest BCUT2D eigenvalue weighted by Crippen LogP contribution is -2.11. The Balaban J connectivity index is 1.01. The first-order valence-electron chi connectivity index (χ1n) is 20.2. The third-order valence-corrected chi connectivity index (χ3v) is 12.0. The van der Waals surface area contributed by atoms with Crippen LogP contribution in [0, 0.1) is 0 Å². The zero-order valence-electron chi connectivity index (χ0n) is 32.1. The maximum Gasteiger partial charge on any atom is 0.143 e. The average Bonchev–Trinajstić information content (AvgIpc) is 3.86. The molecular weight excluding hydrogens is 717 g/mol. The number of rotatable bonds is 6. The number of furan rings is 1. The highest BCUT2D eigenvalue weighted by molar-refractivity contribution is 6.18. The fraction of sp³-hybridized carbons (Fsp3) is 0. The van der Waals surface area contributed by atoms with Crippen LogP contribution in [0.5, 0.6) is 0 Å². The first-order chi connectivity index (χ1) is 29.3. The summed E-state index contributed by atoms with van der Waals surface area (Å²) in [6.07, 6.45) is 0. The van der Waals surface area contributed by atoms with E-state index in [2.05, 4.69) is 228 Å². The molecule has 0 aliphatic heterocycles. The highest BCUT2D eigenvalue weighted by Gasteiger charge is 2.21. The van der Waals surface area contributed by atoms with Crippen molar-refractivity contribution in [3.05, 3.63) is 218 Å². The van der Waals surface area contributed by atoms with Crippen molar-refractivity contribution in [1.82, 2.24) is 4.57 Å². The number of nitrogens with zero attached hydrogens (tertiary/aromatic N) is 2. The maximum atomic E-state index is 6.88. The molecule has 3 nitrogen and oxygen atoms in total. The molecule has 0 saturated heterocycles. The van der Waals surface area contributed by atoms with Crippen molar-refractivity contribution in [2.45, 2.75) is 0 Å². The molecule has 10 aromatic carbocycles. The summed E-state index contributed by atoms with van der Waals surface area (Å²) in [5, 5.41) is 9.46. The molecule has 2 aromatic heterocycles. The lowest BCUT2D eigenvalue weighted by atomic mass is 9.98. The zero-order chi connectivity index (χ0) is 38.9. The van der Waals surface area contributed by atoms with Crippen molar-refractivity contribution in [2.75, 3.05) is 4.90 Å². The predicted octanol–water partition coefficient (Wildman–Crippen LogP) is 15.8. The molecule has 0 aliphatic rings. The highest BCUT2D eigenvalue weighted by atomic mass is 16.3. The van der Waals surface area contributed by atoms with Gasteiger partial charge in [-0.05, 0) is 87.9 Å². The normalized spacial score (nSPS) is 11.7. The summed E-state index contributed by atoms with van der Waals surface area (Å²) < 4.78 is 9.26. The van der Waals surface area contributed by atoms with E-state index < -0.39 is 0 Å². The van der Waals surface area contributed by atoms with Crippen molar-refractivity contribution in [2.24, 2.45) is 0 Å². The SMILES string of the molecule is c1cc(-c2ccc(N(c3ccc4ccccc4c3)c3ccccc3-c3cccc4c3oc3c5ccccc5ccc43)cc2)cc(-n2c3ccccc3c3ccccc32)c1. The minimum Gasteiger partial charge on any atom is -0.455 e. The number of fused-ring (bicyclic) bond motifs is 9. The van der Waals surface area contributed by atoms with Crippen molar-refractivity contribution < 1.29 is 4.42 Å². The van der Waals surface area contributed by atoms with Crippen LogP contribution in [0.3, 0.4) is 0 Å². The van der Waals surface area contributed by atoms with Gasteiger partial charge in [-0.1, -0.05) is 158 Å². The molecule has 0 spiro atoms. The van der Waals surface area contributed by atoms with Gasteiger partial charge in [0.25, 0.3) is 0 Å². The molecule has 12 rings (SSSR count). The second-order valence-corrected chi connectivity index (χ2v) is 15.3. The highest BCUT2D eigenvalue weighted by Crippen LogP contribution is 2.46. The molecule has 0 radical (unpaired) electrons. The Kier molecular flexibility index (Phi) is 7.54. The van der Waals surface area contributed by atoms with Gasteiger partial charge >= 0.3 is 0 Å². The van der Waals surface area contributed by atoms with Crippen LogP contribution < -0.4 is 4.90 Å². The molecule has 0 saturated carbocycles. The second kappa shape index (κ2) is 13.4. The summed E-state index contributed by atoms with van der Waals surface area (Å²) in [7, 11) is 0. The van der Waals surface area contributed by atoms with Crippen LogP contribution in [-0.2, 0) is 0 Å². The van der Waals surface area contributed by atoms with Crippen LogP contribution in [0.15, 0.2) is 223 Å². The molecule has 3 heteroatoms. The van der Waals surface area contributed by atoms with E-state index in [4.69, 9.17) is 4.42 Å². The van der Waals surface area contributed by atoms with E-state index >= 15 is 0 Å². The molecule has 2 heterocycles. The molecule has 12 aromatic rings. The molecule has 276 valence electrons. The number of hydrogen-bond donors (Lipinski definition) is 0. The van der Waals surface area contributed by atoms with Crippen LogP contribution in [0.1, 0.15) is 0 Å². The van der Waals surface area contributed by atoms with Gasteiger partial charge in [0.05, 0.1) is 16.7 Å². The molecule has 0 fully saturated rings. The zero-order valence-corrected chi connectivity index (χ0v) is 32.1. The smallest absolute Gasteiger partial charge is 0.143 e. The average molecular weight is 753 g/mol. The van der Waals surface area contributed by atoms with Gasteiger partial charge in [0, 0.05) is 55.1 Å². The van der Waals surface area contributed by atoms with Gasteiger partial charge in [0.15, 0.2) is 0 Å². The van der Waals surface area contributed by atoms with E-state index in [0.29, 0.717) is 0 Å². The number of hydrogen-bond acceptors (Lipinski definition) is 2. The summed E-state index contributed by atoms with van der Waals surface area (Å²) in [6, 6.07) is 78.7. The number of benzene rings is 10. The lowest BCUT2D eigenvalue weighted by Gasteiger charge is -2.28. The molecule has 0 aliphatic carbocycles. The molecule has 59 heavy (non-hydrogen) atoms. The van der Waals surface area contributed by atoms with E-state index in [0.717, 1.165) is 72.3 Å². The monoisotopic (exact) mass is 752 g/mol. The Morgan fingerprint density at radius 2 is 0.932 bits per heavy atom. The minimum absolute atomic E-state index is 0.892. The standard InChI is InChI=1S/C56H36N2O/c1-2-15-40-36-44(33-29-37(40)13-1)57(52-24-8-7-21-48(52)49-22-12-23-50-51-34-30-39-14-3-4-18-45(39)55(51)59-56(49)50)42-31-27-38(28-32-42)41-16-11-17-43(35-41)58-53-25-9-5-19-46(53)47-20-6-10-26-54(47)58/h1-36H. The fourth-order valence-electron chi connectivity index (χ4n) is 9.21. The Labute approximate surface area is 341 Å². The molecule has 0 N–H and O–H groups in total. The third-order valence-electron chi connectivity index (χ3n) is 12.0. The molecular formula is C56H36N2O. The molecule has 0 bridgehead atoms. The van der Waals surface area contributed by atoms with Gasteiger partial charge in [-0.25, -0.2) is 0 Å². The van der Waals surface area contributed by atoms with E-state index in [-0.39, 0.29) is 0 Å².